The number of H-pyrrole nitrogens is 1. The first-order valence-corrected chi connectivity index (χ1v) is 11.5. The minimum absolute atomic E-state index is 0. The third-order valence-corrected chi connectivity index (χ3v) is 6.74. The van der Waals surface area contributed by atoms with Crippen LogP contribution in [0.1, 0.15) is 41.1 Å². The lowest BCUT2D eigenvalue weighted by molar-refractivity contribution is 0.299. The highest BCUT2D eigenvalue weighted by Crippen LogP contribution is 2.39. The normalized spacial score (nSPS) is 16.8. The van der Waals surface area contributed by atoms with Gasteiger partial charge < -0.3 is 15.0 Å². The Morgan fingerprint density at radius 2 is 1.83 bits per heavy atom. The molecule has 4 aromatic rings. The van der Waals surface area contributed by atoms with Gasteiger partial charge in [0.2, 0.25) is 0 Å². The first kappa shape index (κ1) is 23.3. The van der Waals surface area contributed by atoms with E-state index in [0.717, 1.165) is 48.1 Å². The van der Waals surface area contributed by atoms with Gasteiger partial charge in [0.05, 0.1) is 11.0 Å². The fraction of sp³-hybridized carbons (Fsp3) is 0.222. The zero-order valence-electron chi connectivity index (χ0n) is 18.8. The number of ether oxygens (including phenoxy) is 1. The predicted molar refractivity (Wildman–Crippen MR) is 135 cm³/mol. The SMILES string of the molecule is Cl.O=c1[nH]c2cc(/C=C3/c4ccc(F)cc4OCc4c(F)cccc43)ccc2n1C1CCNCC1. The van der Waals surface area contributed by atoms with E-state index < -0.39 is 5.82 Å². The molecule has 8 heteroatoms. The van der Waals surface area contributed by atoms with E-state index in [-0.39, 0.29) is 36.6 Å². The van der Waals surface area contributed by atoms with Crippen molar-refractivity contribution in [3.05, 3.63) is 99.0 Å². The number of rotatable bonds is 2. The van der Waals surface area contributed by atoms with Crippen LogP contribution in [0.2, 0.25) is 0 Å². The van der Waals surface area contributed by atoms with Crippen LogP contribution in [0, 0.1) is 11.6 Å². The van der Waals surface area contributed by atoms with Gasteiger partial charge in [-0.1, -0.05) is 18.2 Å². The molecule has 0 atom stereocenters. The fourth-order valence-corrected chi connectivity index (χ4v) is 5.08. The Hall–Kier alpha value is -3.42. The molecule has 0 radical (unpaired) electrons. The van der Waals surface area contributed by atoms with Gasteiger partial charge >= 0.3 is 5.69 Å². The number of hydrogen-bond acceptors (Lipinski definition) is 3. The molecule has 35 heavy (non-hydrogen) atoms. The second kappa shape index (κ2) is 9.32. The Bertz CT molecular complexity index is 1500. The maximum atomic E-state index is 14.7. The van der Waals surface area contributed by atoms with Crippen molar-refractivity contribution < 1.29 is 13.5 Å². The lowest BCUT2D eigenvalue weighted by atomic mass is 9.92. The van der Waals surface area contributed by atoms with Crippen molar-refractivity contribution in [2.45, 2.75) is 25.5 Å². The van der Waals surface area contributed by atoms with E-state index in [1.165, 1.54) is 18.2 Å². The molecule has 2 aliphatic rings. The maximum Gasteiger partial charge on any atom is 0.326 e. The van der Waals surface area contributed by atoms with Crippen LogP contribution in [0.4, 0.5) is 8.78 Å². The topological polar surface area (TPSA) is 59.1 Å². The first-order valence-electron chi connectivity index (χ1n) is 11.5. The van der Waals surface area contributed by atoms with Crippen molar-refractivity contribution in [2.75, 3.05) is 13.1 Å². The number of halogens is 3. The summed E-state index contributed by atoms with van der Waals surface area (Å²) in [7, 11) is 0. The molecule has 2 N–H and O–H groups in total. The van der Waals surface area contributed by atoms with E-state index in [0.29, 0.717) is 22.4 Å². The summed E-state index contributed by atoms with van der Waals surface area (Å²) in [6, 6.07) is 15.3. The van der Waals surface area contributed by atoms with Crippen LogP contribution in [0.25, 0.3) is 22.7 Å². The van der Waals surface area contributed by atoms with E-state index in [2.05, 4.69) is 10.3 Å². The molecule has 0 bridgehead atoms. The summed E-state index contributed by atoms with van der Waals surface area (Å²) in [5.74, 6) is -0.410. The Kier molecular flexibility index (Phi) is 6.21. The molecule has 3 heterocycles. The summed E-state index contributed by atoms with van der Waals surface area (Å²) in [6.07, 6.45) is 3.76. The molecule has 2 aliphatic heterocycles. The van der Waals surface area contributed by atoms with E-state index in [1.807, 2.05) is 34.9 Å². The molecule has 180 valence electrons. The first-order chi connectivity index (χ1) is 16.6. The number of imidazole rings is 1. The third kappa shape index (κ3) is 4.15. The second-order valence-corrected chi connectivity index (χ2v) is 8.81. The highest BCUT2D eigenvalue weighted by atomic mass is 35.5. The zero-order chi connectivity index (χ0) is 23.2. The number of fused-ring (bicyclic) bond motifs is 3. The number of benzene rings is 3. The highest BCUT2D eigenvalue weighted by Gasteiger charge is 2.23. The van der Waals surface area contributed by atoms with Gasteiger partial charge in [-0.15, -0.1) is 12.4 Å². The molecule has 5 nitrogen and oxygen atoms in total. The molecule has 3 aromatic carbocycles. The lowest BCUT2D eigenvalue weighted by Gasteiger charge is -2.23. The van der Waals surface area contributed by atoms with Crippen LogP contribution >= 0.6 is 12.4 Å². The van der Waals surface area contributed by atoms with Crippen LogP contribution in [-0.4, -0.2) is 22.6 Å². The van der Waals surface area contributed by atoms with Crippen LogP contribution < -0.4 is 15.7 Å². The number of piperidine rings is 1. The highest BCUT2D eigenvalue weighted by molar-refractivity contribution is 5.95. The monoisotopic (exact) mass is 495 g/mol. The molecule has 6 rings (SSSR count). The minimum Gasteiger partial charge on any atom is -0.488 e. The van der Waals surface area contributed by atoms with Gasteiger partial charge in [0.25, 0.3) is 0 Å². The van der Waals surface area contributed by atoms with Crippen LogP contribution in [0.5, 0.6) is 5.75 Å². The summed E-state index contributed by atoms with van der Waals surface area (Å²) < 4.78 is 36.3. The average molecular weight is 496 g/mol. The van der Waals surface area contributed by atoms with Crippen LogP contribution in [0.15, 0.2) is 59.4 Å². The molecule has 0 unspecified atom stereocenters. The van der Waals surface area contributed by atoms with Gasteiger partial charge in [-0.25, -0.2) is 13.6 Å². The molecule has 0 spiro atoms. The minimum atomic E-state index is -0.414. The summed E-state index contributed by atoms with van der Waals surface area (Å²) in [6.45, 7) is 1.80. The van der Waals surface area contributed by atoms with Gasteiger partial charge in [-0.2, -0.15) is 0 Å². The van der Waals surface area contributed by atoms with E-state index >= 15 is 0 Å². The summed E-state index contributed by atoms with van der Waals surface area (Å²) >= 11 is 0. The third-order valence-electron chi connectivity index (χ3n) is 6.74. The standard InChI is InChI=1S/C27H23F2N3O2.ClH/c28-17-5-6-20-21(19-2-1-3-23(29)22(19)15-34-26(20)14-17)12-16-4-7-25-24(13-16)31-27(33)32(25)18-8-10-30-11-9-18;/h1-7,12-14,18,30H,8-11,15H2,(H,31,33);1H/b21-12+;. The Morgan fingerprint density at radius 3 is 2.66 bits per heavy atom. The zero-order valence-corrected chi connectivity index (χ0v) is 19.6. The Labute approximate surface area is 206 Å². The van der Waals surface area contributed by atoms with Gasteiger partial charge in [-0.3, -0.25) is 4.57 Å². The number of aromatic nitrogens is 2. The Morgan fingerprint density at radius 1 is 1.00 bits per heavy atom. The molecule has 0 amide bonds. The molecule has 0 saturated carbocycles. The summed E-state index contributed by atoms with van der Waals surface area (Å²) in [4.78, 5) is 15.8. The lowest BCUT2D eigenvalue weighted by Crippen LogP contribution is -2.33. The molecule has 0 aliphatic carbocycles. The second-order valence-electron chi connectivity index (χ2n) is 8.81. The van der Waals surface area contributed by atoms with E-state index in [9.17, 15) is 13.6 Å². The summed E-state index contributed by atoms with van der Waals surface area (Å²) in [5, 5.41) is 3.33. The predicted octanol–water partition coefficient (Wildman–Crippen LogP) is 5.44. The maximum absolute atomic E-state index is 14.7. The smallest absolute Gasteiger partial charge is 0.326 e. The molecule has 1 aromatic heterocycles. The van der Waals surface area contributed by atoms with Gasteiger partial charge in [0.15, 0.2) is 0 Å². The molecule has 1 fully saturated rings. The average Bonchev–Trinajstić information content (AvgIpc) is 3.08. The molecular formula is C27H24ClF2N3O2. The van der Waals surface area contributed by atoms with Crippen molar-refractivity contribution in [2.24, 2.45) is 0 Å². The summed E-state index contributed by atoms with van der Waals surface area (Å²) in [5.41, 5.74) is 4.91. The fourth-order valence-electron chi connectivity index (χ4n) is 5.08. The van der Waals surface area contributed by atoms with Crippen molar-refractivity contribution in [3.8, 4) is 5.75 Å². The Balaban J connectivity index is 0.00000253. The number of aromatic amines is 1. The number of nitrogens with one attached hydrogen (secondary N) is 2. The quantitative estimate of drug-likeness (QED) is 0.389. The van der Waals surface area contributed by atoms with Gasteiger partial charge in [0, 0.05) is 23.2 Å². The molecular weight excluding hydrogens is 472 g/mol. The van der Waals surface area contributed by atoms with E-state index in [4.69, 9.17) is 4.74 Å². The van der Waals surface area contributed by atoms with E-state index in [1.54, 1.807) is 12.1 Å². The van der Waals surface area contributed by atoms with Crippen LogP contribution in [-0.2, 0) is 6.61 Å². The van der Waals surface area contributed by atoms with Gasteiger partial charge in [-0.05, 0) is 79.0 Å². The largest absolute Gasteiger partial charge is 0.488 e. The van der Waals surface area contributed by atoms with Gasteiger partial charge in [0.1, 0.15) is 24.0 Å². The number of hydrogen-bond donors (Lipinski definition) is 2. The van der Waals surface area contributed by atoms with Crippen molar-refractivity contribution in [3.63, 3.8) is 0 Å². The van der Waals surface area contributed by atoms with Crippen molar-refractivity contribution in [1.82, 2.24) is 14.9 Å². The van der Waals surface area contributed by atoms with Crippen molar-refractivity contribution >= 4 is 35.1 Å². The van der Waals surface area contributed by atoms with Crippen LogP contribution in [0.3, 0.4) is 0 Å². The number of nitrogens with zero attached hydrogens (tertiary/aromatic N) is 1. The molecule has 1 saturated heterocycles. The van der Waals surface area contributed by atoms with Crippen molar-refractivity contribution in [1.29, 1.82) is 0 Å².